The van der Waals surface area contributed by atoms with E-state index in [1.54, 1.807) is 9.80 Å². The first-order valence-corrected chi connectivity index (χ1v) is 11.5. The molecule has 1 aromatic rings. The van der Waals surface area contributed by atoms with E-state index in [0.717, 1.165) is 25.0 Å². The summed E-state index contributed by atoms with van der Waals surface area (Å²) in [6, 6.07) is 4.76. The molecule has 0 saturated carbocycles. The van der Waals surface area contributed by atoms with Gasteiger partial charge in [-0.05, 0) is 37.1 Å². The van der Waals surface area contributed by atoms with E-state index >= 15 is 0 Å². The Balaban J connectivity index is 1.59. The molecule has 1 atom stereocenters. The number of amides is 2. The van der Waals surface area contributed by atoms with E-state index in [2.05, 4.69) is 0 Å². The fraction of sp³-hybridized carbons (Fsp3) is 0.600. The van der Waals surface area contributed by atoms with Crippen LogP contribution in [0.4, 0.5) is 4.39 Å². The number of hydrogen-bond donors (Lipinski definition) is 0. The maximum atomic E-state index is 13.1. The Morgan fingerprint density at radius 3 is 2.21 bits per heavy atom. The van der Waals surface area contributed by atoms with Gasteiger partial charge in [-0.3, -0.25) is 9.59 Å². The van der Waals surface area contributed by atoms with Crippen LogP contribution in [0.25, 0.3) is 0 Å². The zero-order valence-corrected chi connectivity index (χ0v) is 17.7. The van der Waals surface area contributed by atoms with Crippen LogP contribution in [0.3, 0.4) is 0 Å². The van der Waals surface area contributed by atoms with Gasteiger partial charge in [0.25, 0.3) is 0 Å². The van der Waals surface area contributed by atoms with Crippen LogP contribution in [-0.4, -0.2) is 73.6 Å². The average molecular weight is 426 g/mol. The Bertz CT molecular complexity index is 849. The summed E-state index contributed by atoms with van der Waals surface area (Å²) in [6.07, 6.45) is 1.54. The highest BCUT2D eigenvalue weighted by Gasteiger charge is 2.35. The minimum absolute atomic E-state index is 0.00918. The van der Waals surface area contributed by atoms with Gasteiger partial charge in [0.15, 0.2) is 0 Å². The third-order valence-electron chi connectivity index (χ3n) is 5.58. The van der Waals surface area contributed by atoms with Crippen molar-refractivity contribution in [3.63, 3.8) is 0 Å². The normalized spacial score (nSPS) is 21.4. The first-order valence-electron chi connectivity index (χ1n) is 10.0. The molecule has 0 bridgehead atoms. The summed E-state index contributed by atoms with van der Waals surface area (Å²) < 4.78 is 39.8. The van der Waals surface area contributed by atoms with Crippen LogP contribution in [0.2, 0.25) is 0 Å². The highest BCUT2D eigenvalue weighted by atomic mass is 32.2. The highest BCUT2D eigenvalue weighted by Crippen LogP contribution is 2.23. The van der Waals surface area contributed by atoms with Crippen LogP contribution in [0, 0.1) is 17.7 Å². The molecule has 0 aliphatic carbocycles. The smallest absolute Gasteiger partial charge is 0.243 e. The van der Waals surface area contributed by atoms with Crippen molar-refractivity contribution in [3.05, 3.63) is 30.1 Å². The molecule has 7 nitrogen and oxygen atoms in total. The summed E-state index contributed by atoms with van der Waals surface area (Å²) in [4.78, 5) is 28.7. The molecule has 3 rings (SSSR count). The highest BCUT2D eigenvalue weighted by molar-refractivity contribution is 7.89. The summed E-state index contributed by atoms with van der Waals surface area (Å²) in [5, 5.41) is 0. The van der Waals surface area contributed by atoms with Crippen LogP contribution in [-0.2, 0) is 19.6 Å². The SMILES string of the molecule is CC(C)C(=O)N1CCCC(C(=O)N2CCN(S(=O)(=O)c3ccc(F)cc3)CC2)C1. The molecular weight excluding hydrogens is 397 g/mol. The lowest BCUT2D eigenvalue weighted by Crippen LogP contribution is -2.54. The van der Waals surface area contributed by atoms with Gasteiger partial charge in [0.05, 0.1) is 10.8 Å². The number of piperidine rings is 1. The van der Waals surface area contributed by atoms with Gasteiger partial charge in [0, 0.05) is 45.2 Å². The lowest BCUT2D eigenvalue weighted by molar-refractivity contribution is -0.143. The Hall–Kier alpha value is -2.00. The summed E-state index contributed by atoms with van der Waals surface area (Å²) in [5.41, 5.74) is 0. The molecular formula is C20H28FN3O4S. The van der Waals surface area contributed by atoms with E-state index in [1.165, 1.54) is 16.4 Å². The Morgan fingerprint density at radius 2 is 1.62 bits per heavy atom. The Kier molecular flexibility index (Phi) is 6.58. The van der Waals surface area contributed by atoms with Crippen molar-refractivity contribution in [2.75, 3.05) is 39.3 Å². The lowest BCUT2D eigenvalue weighted by atomic mass is 9.95. The molecule has 29 heavy (non-hydrogen) atoms. The molecule has 1 unspecified atom stereocenters. The van der Waals surface area contributed by atoms with Crippen molar-refractivity contribution in [2.24, 2.45) is 11.8 Å². The molecule has 160 valence electrons. The number of hydrogen-bond acceptors (Lipinski definition) is 4. The van der Waals surface area contributed by atoms with Crippen LogP contribution < -0.4 is 0 Å². The zero-order valence-electron chi connectivity index (χ0n) is 16.9. The van der Waals surface area contributed by atoms with Crippen molar-refractivity contribution in [3.8, 4) is 0 Å². The van der Waals surface area contributed by atoms with E-state index in [9.17, 15) is 22.4 Å². The predicted molar refractivity (Wildman–Crippen MR) is 106 cm³/mol. The van der Waals surface area contributed by atoms with Gasteiger partial charge in [0.2, 0.25) is 21.8 Å². The summed E-state index contributed by atoms with van der Waals surface area (Å²) in [7, 11) is -3.71. The van der Waals surface area contributed by atoms with E-state index in [4.69, 9.17) is 0 Å². The van der Waals surface area contributed by atoms with Gasteiger partial charge in [-0.15, -0.1) is 0 Å². The van der Waals surface area contributed by atoms with Gasteiger partial charge >= 0.3 is 0 Å². The van der Waals surface area contributed by atoms with Gasteiger partial charge in [-0.1, -0.05) is 13.8 Å². The Morgan fingerprint density at radius 1 is 1.00 bits per heavy atom. The third-order valence-corrected chi connectivity index (χ3v) is 7.49. The number of carbonyl (C=O) groups is 2. The molecule has 1 aromatic carbocycles. The molecule has 2 heterocycles. The van der Waals surface area contributed by atoms with Gasteiger partial charge < -0.3 is 9.80 Å². The van der Waals surface area contributed by atoms with E-state index in [-0.39, 0.29) is 41.6 Å². The first-order chi connectivity index (χ1) is 13.7. The fourth-order valence-electron chi connectivity index (χ4n) is 3.91. The van der Waals surface area contributed by atoms with Crippen LogP contribution in [0.1, 0.15) is 26.7 Å². The largest absolute Gasteiger partial charge is 0.342 e. The first kappa shape index (κ1) is 21.7. The second-order valence-electron chi connectivity index (χ2n) is 7.96. The van der Waals surface area contributed by atoms with Crippen LogP contribution in [0.5, 0.6) is 0 Å². The molecule has 2 saturated heterocycles. The third kappa shape index (κ3) is 4.78. The number of piperazine rings is 1. The molecule has 0 N–H and O–H groups in total. The number of nitrogens with zero attached hydrogens (tertiary/aromatic N) is 3. The number of carbonyl (C=O) groups excluding carboxylic acids is 2. The minimum Gasteiger partial charge on any atom is -0.342 e. The van der Waals surface area contributed by atoms with Crippen molar-refractivity contribution in [1.29, 1.82) is 0 Å². The number of halogens is 1. The number of sulfonamides is 1. The summed E-state index contributed by atoms with van der Waals surface area (Å²) in [5.74, 6) is -0.754. The molecule has 2 fully saturated rings. The quantitative estimate of drug-likeness (QED) is 0.733. The zero-order chi connectivity index (χ0) is 21.2. The van der Waals surface area contributed by atoms with Crippen LogP contribution in [0.15, 0.2) is 29.2 Å². The van der Waals surface area contributed by atoms with Gasteiger partial charge in [-0.2, -0.15) is 4.31 Å². The average Bonchev–Trinajstić information content (AvgIpc) is 2.73. The standard InChI is InChI=1S/C20H28FN3O4S/c1-15(2)19(25)23-9-3-4-16(14-23)20(26)22-10-12-24(13-11-22)29(27,28)18-7-5-17(21)6-8-18/h5-8,15-16H,3-4,9-14H2,1-2H3. The van der Waals surface area contributed by atoms with Gasteiger partial charge in [-0.25, -0.2) is 12.8 Å². The van der Waals surface area contributed by atoms with Crippen LogP contribution >= 0.6 is 0 Å². The molecule has 0 spiro atoms. The summed E-state index contributed by atoms with van der Waals surface area (Å²) in [6.45, 7) is 5.86. The lowest BCUT2D eigenvalue weighted by Gasteiger charge is -2.39. The van der Waals surface area contributed by atoms with Crippen molar-refractivity contribution in [1.82, 2.24) is 14.1 Å². The molecule has 0 radical (unpaired) electrons. The van der Waals surface area contributed by atoms with Crippen molar-refractivity contribution < 1.29 is 22.4 Å². The molecule has 2 aliphatic rings. The molecule has 9 heteroatoms. The Labute approximate surface area is 171 Å². The molecule has 2 aliphatic heterocycles. The van der Waals surface area contributed by atoms with E-state index < -0.39 is 15.8 Å². The van der Waals surface area contributed by atoms with Gasteiger partial charge in [0.1, 0.15) is 5.82 Å². The monoisotopic (exact) mass is 425 g/mol. The van der Waals surface area contributed by atoms with Crippen molar-refractivity contribution in [2.45, 2.75) is 31.6 Å². The second kappa shape index (κ2) is 8.79. The fourth-order valence-corrected chi connectivity index (χ4v) is 5.33. The number of likely N-dealkylation sites (tertiary alicyclic amines) is 1. The summed E-state index contributed by atoms with van der Waals surface area (Å²) >= 11 is 0. The van der Waals surface area contributed by atoms with E-state index in [1.807, 2.05) is 13.8 Å². The predicted octanol–water partition coefficient (Wildman–Crippen LogP) is 1.55. The minimum atomic E-state index is -3.71. The van der Waals surface area contributed by atoms with E-state index in [0.29, 0.717) is 26.2 Å². The molecule has 2 amide bonds. The second-order valence-corrected chi connectivity index (χ2v) is 9.90. The van der Waals surface area contributed by atoms with Crippen molar-refractivity contribution >= 4 is 21.8 Å². The maximum Gasteiger partial charge on any atom is 0.243 e. The topological polar surface area (TPSA) is 78.0 Å². The molecule has 0 aromatic heterocycles. The number of rotatable bonds is 4. The maximum absolute atomic E-state index is 13.1. The number of benzene rings is 1.